The Bertz CT molecular complexity index is 608. The van der Waals surface area contributed by atoms with Gasteiger partial charge in [-0.05, 0) is 30.0 Å². The van der Waals surface area contributed by atoms with Crippen LogP contribution in [0.2, 0.25) is 0 Å². The largest absolute Gasteiger partial charge is 0.465 e. The summed E-state index contributed by atoms with van der Waals surface area (Å²) < 4.78 is 4.68. The van der Waals surface area contributed by atoms with E-state index in [-0.39, 0.29) is 5.91 Å². The Hall–Kier alpha value is -2.21. The number of pyridine rings is 1. The standard InChI is InChI=1S/C13H12N2O3S/c1-8-7-19-11(13(17)18-2)10(8)15-12(16)9-5-3-4-6-14-9/h3-7H,1-2H3,(H,15,16). The third-order valence-corrected chi connectivity index (χ3v) is 3.56. The molecule has 0 spiro atoms. The number of ether oxygens (including phenoxy) is 1. The predicted molar refractivity (Wildman–Crippen MR) is 72.6 cm³/mol. The first-order valence-electron chi connectivity index (χ1n) is 5.52. The van der Waals surface area contributed by atoms with E-state index in [2.05, 4.69) is 15.0 Å². The van der Waals surface area contributed by atoms with Gasteiger partial charge in [0.05, 0.1) is 12.8 Å². The van der Waals surface area contributed by atoms with Crippen molar-refractivity contribution in [2.75, 3.05) is 12.4 Å². The molecule has 0 aliphatic heterocycles. The predicted octanol–water partition coefficient (Wildman–Crippen LogP) is 2.49. The van der Waals surface area contributed by atoms with Crippen LogP contribution in [0, 0.1) is 6.92 Å². The van der Waals surface area contributed by atoms with E-state index in [1.165, 1.54) is 24.6 Å². The maximum Gasteiger partial charge on any atom is 0.350 e. The summed E-state index contributed by atoms with van der Waals surface area (Å²) >= 11 is 1.24. The zero-order valence-corrected chi connectivity index (χ0v) is 11.3. The smallest absolute Gasteiger partial charge is 0.350 e. The second-order valence-corrected chi connectivity index (χ2v) is 4.66. The Kier molecular flexibility index (Phi) is 3.91. The number of hydrogen-bond donors (Lipinski definition) is 1. The van der Waals surface area contributed by atoms with Crippen LogP contribution >= 0.6 is 11.3 Å². The third kappa shape index (κ3) is 2.79. The highest BCUT2D eigenvalue weighted by atomic mass is 32.1. The summed E-state index contributed by atoms with van der Waals surface area (Å²) in [5.74, 6) is -0.818. The highest BCUT2D eigenvalue weighted by Crippen LogP contribution is 2.28. The van der Waals surface area contributed by atoms with E-state index in [4.69, 9.17) is 0 Å². The molecule has 2 aromatic rings. The van der Waals surface area contributed by atoms with Crippen molar-refractivity contribution in [3.63, 3.8) is 0 Å². The number of aromatic nitrogens is 1. The number of amides is 1. The van der Waals surface area contributed by atoms with Gasteiger partial charge in [-0.1, -0.05) is 6.07 Å². The maximum absolute atomic E-state index is 12.0. The number of thiophene rings is 1. The van der Waals surface area contributed by atoms with Crippen molar-refractivity contribution < 1.29 is 14.3 Å². The first kappa shape index (κ1) is 13.2. The van der Waals surface area contributed by atoms with Crippen LogP contribution in [0.25, 0.3) is 0 Å². The average molecular weight is 276 g/mol. The summed E-state index contributed by atoms with van der Waals surface area (Å²) in [6, 6.07) is 5.06. The minimum absolute atomic E-state index is 0.295. The Labute approximate surface area is 114 Å². The van der Waals surface area contributed by atoms with E-state index in [0.29, 0.717) is 16.3 Å². The van der Waals surface area contributed by atoms with Crippen LogP contribution in [0.3, 0.4) is 0 Å². The molecule has 0 saturated carbocycles. The molecule has 2 heterocycles. The number of aryl methyl sites for hydroxylation is 1. The van der Waals surface area contributed by atoms with Crippen LogP contribution in [-0.2, 0) is 4.74 Å². The lowest BCUT2D eigenvalue weighted by atomic mass is 10.2. The number of nitrogens with zero attached hydrogens (tertiary/aromatic N) is 1. The average Bonchev–Trinajstić information content (AvgIpc) is 2.80. The van der Waals surface area contributed by atoms with Crippen LogP contribution in [-0.4, -0.2) is 24.0 Å². The topological polar surface area (TPSA) is 68.3 Å². The van der Waals surface area contributed by atoms with E-state index < -0.39 is 5.97 Å². The van der Waals surface area contributed by atoms with Crippen molar-refractivity contribution >= 4 is 28.9 Å². The van der Waals surface area contributed by atoms with Crippen LogP contribution in [0.1, 0.15) is 25.7 Å². The number of esters is 1. The molecule has 5 nitrogen and oxygen atoms in total. The summed E-state index contributed by atoms with van der Waals surface area (Å²) in [5.41, 5.74) is 1.59. The Morgan fingerprint density at radius 2 is 2.16 bits per heavy atom. The molecule has 0 aromatic carbocycles. The molecule has 98 valence electrons. The number of anilines is 1. The molecule has 2 aromatic heterocycles. The van der Waals surface area contributed by atoms with Crippen LogP contribution < -0.4 is 5.32 Å². The maximum atomic E-state index is 12.0. The summed E-state index contributed by atoms with van der Waals surface area (Å²) in [6.07, 6.45) is 1.54. The molecule has 0 atom stereocenters. The highest BCUT2D eigenvalue weighted by molar-refractivity contribution is 7.12. The van der Waals surface area contributed by atoms with Gasteiger partial charge in [0.15, 0.2) is 0 Å². The molecule has 0 aliphatic carbocycles. The summed E-state index contributed by atoms with van der Waals surface area (Å²) in [6.45, 7) is 1.82. The zero-order valence-electron chi connectivity index (χ0n) is 10.5. The first-order chi connectivity index (χ1) is 9.13. The van der Waals surface area contributed by atoms with E-state index in [9.17, 15) is 9.59 Å². The lowest BCUT2D eigenvalue weighted by Crippen LogP contribution is -2.15. The van der Waals surface area contributed by atoms with Crippen molar-refractivity contribution in [1.29, 1.82) is 0 Å². The van der Waals surface area contributed by atoms with Gasteiger partial charge in [-0.3, -0.25) is 9.78 Å². The summed E-state index contributed by atoms with van der Waals surface area (Å²) in [5, 5.41) is 4.49. The fourth-order valence-corrected chi connectivity index (χ4v) is 2.44. The molecular weight excluding hydrogens is 264 g/mol. The molecule has 0 saturated heterocycles. The Morgan fingerprint density at radius 3 is 2.79 bits per heavy atom. The monoisotopic (exact) mass is 276 g/mol. The van der Waals surface area contributed by atoms with E-state index >= 15 is 0 Å². The van der Waals surface area contributed by atoms with Crippen LogP contribution in [0.15, 0.2) is 29.8 Å². The molecule has 0 aliphatic rings. The number of rotatable bonds is 3. The van der Waals surface area contributed by atoms with Crippen molar-refractivity contribution in [2.45, 2.75) is 6.92 Å². The summed E-state index contributed by atoms with van der Waals surface area (Å²) in [4.78, 5) is 27.9. The van der Waals surface area contributed by atoms with Crippen molar-refractivity contribution in [3.8, 4) is 0 Å². The van der Waals surface area contributed by atoms with E-state index in [0.717, 1.165) is 5.56 Å². The minimum atomic E-state index is -0.463. The Balaban J connectivity index is 2.27. The fourth-order valence-electron chi connectivity index (χ4n) is 1.52. The molecule has 19 heavy (non-hydrogen) atoms. The van der Waals surface area contributed by atoms with Crippen LogP contribution in [0.4, 0.5) is 5.69 Å². The van der Waals surface area contributed by atoms with E-state index in [1.54, 1.807) is 23.6 Å². The molecular formula is C13H12N2O3S. The van der Waals surface area contributed by atoms with Gasteiger partial charge in [0.2, 0.25) is 0 Å². The van der Waals surface area contributed by atoms with Crippen molar-refractivity contribution in [2.24, 2.45) is 0 Å². The third-order valence-electron chi connectivity index (χ3n) is 2.48. The lowest BCUT2D eigenvalue weighted by molar-refractivity contribution is 0.0607. The van der Waals surface area contributed by atoms with Crippen molar-refractivity contribution in [1.82, 2.24) is 4.98 Å². The number of nitrogens with one attached hydrogen (secondary N) is 1. The number of hydrogen-bond acceptors (Lipinski definition) is 5. The quantitative estimate of drug-likeness (QED) is 0.874. The molecule has 0 radical (unpaired) electrons. The second-order valence-electron chi connectivity index (χ2n) is 3.78. The summed E-state index contributed by atoms with van der Waals surface area (Å²) in [7, 11) is 1.31. The molecule has 6 heteroatoms. The van der Waals surface area contributed by atoms with Crippen LogP contribution in [0.5, 0.6) is 0 Å². The van der Waals surface area contributed by atoms with Gasteiger partial charge in [-0.25, -0.2) is 4.79 Å². The van der Waals surface area contributed by atoms with Gasteiger partial charge in [0.1, 0.15) is 10.6 Å². The van der Waals surface area contributed by atoms with Gasteiger partial charge in [0.25, 0.3) is 5.91 Å². The van der Waals surface area contributed by atoms with E-state index in [1.807, 2.05) is 6.92 Å². The number of carbonyl (C=O) groups is 2. The van der Waals surface area contributed by atoms with Crippen molar-refractivity contribution in [3.05, 3.63) is 45.9 Å². The zero-order chi connectivity index (χ0) is 13.8. The number of carbonyl (C=O) groups excluding carboxylic acids is 2. The molecule has 2 rings (SSSR count). The molecule has 0 bridgehead atoms. The molecule has 0 unspecified atom stereocenters. The molecule has 0 fully saturated rings. The highest BCUT2D eigenvalue weighted by Gasteiger charge is 2.19. The lowest BCUT2D eigenvalue weighted by Gasteiger charge is -2.06. The minimum Gasteiger partial charge on any atom is -0.465 e. The van der Waals surface area contributed by atoms with Gasteiger partial charge in [-0.2, -0.15) is 0 Å². The second kappa shape index (κ2) is 5.62. The van der Waals surface area contributed by atoms with Gasteiger partial charge < -0.3 is 10.1 Å². The Morgan fingerprint density at radius 1 is 1.37 bits per heavy atom. The first-order valence-corrected chi connectivity index (χ1v) is 6.40. The normalized spacial score (nSPS) is 10.0. The number of methoxy groups -OCH3 is 1. The van der Waals surface area contributed by atoms with Gasteiger partial charge in [0, 0.05) is 6.20 Å². The molecule has 1 N–H and O–H groups in total. The van der Waals surface area contributed by atoms with Gasteiger partial charge >= 0.3 is 5.97 Å². The fraction of sp³-hybridized carbons (Fsp3) is 0.154. The van der Waals surface area contributed by atoms with Gasteiger partial charge in [-0.15, -0.1) is 11.3 Å². The molecule has 1 amide bonds. The SMILES string of the molecule is COC(=O)c1scc(C)c1NC(=O)c1ccccn1.